The first-order chi connectivity index (χ1) is 6.72. The highest BCUT2D eigenvalue weighted by Gasteiger charge is 2.17. The fraction of sp³-hybridized carbons (Fsp3) is 0.538. The van der Waals surface area contributed by atoms with Gasteiger partial charge in [0.05, 0.1) is 0 Å². The monoisotopic (exact) mass is 189 g/mol. The third-order valence-corrected chi connectivity index (χ3v) is 3.24. The molecule has 0 amide bonds. The first kappa shape index (κ1) is 9.57. The molecular weight excluding hydrogens is 170 g/mol. The van der Waals surface area contributed by atoms with Crippen LogP contribution in [0.5, 0.6) is 0 Å². The Morgan fingerprint density at radius 2 is 2.21 bits per heavy atom. The Balaban J connectivity index is 2.51. The lowest BCUT2D eigenvalue weighted by Gasteiger charge is -2.26. The van der Waals surface area contributed by atoms with Gasteiger partial charge in [-0.25, -0.2) is 0 Å². The van der Waals surface area contributed by atoms with Gasteiger partial charge >= 0.3 is 0 Å². The average Bonchev–Trinajstić information content (AvgIpc) is 2.19. The summed E-state index contributed by atoms with van der Waals surface area (Å²) in [6.07, 6.45) is 2.40. The predicted molar refractivity (Wildman–Crippen MR) is 62.1 cm³/mol. The number of rotatable bonds is 1. The molecule has 0 fully saturated rings. The van der Waals surface area contributed by atoms with E-state index in [0.29, 0.717) is 0 Å². The van der Waals surface area contributed by atoms with Gasteiger partial charge in [0.2, 0.25) is 0 Å². The minimum atomic E-state index is 0.719. The molecule has 0 spiro atoms. The van der Waals surface area contributed by atoms with E-state index in [0.717, 1.165) is 18.9 Å². The zero-order valence-electron chi connectivity index (χ0n) is 9.35. The fourth-order valence-corrected chi connectivity index (χ4v) is 2.29. The predicted octanol–water partition coefficient (Wildman–Crippen LogP) is 3.48. The number of fused-ring (bicyclic) bond motifs is 1. The molecule has 0 saturated heterocycles. The standard InChI is InChI=1S/C13H19N/c1-4-11-7-10(3)13-12(8-11)9(2)5-6-14-13/h7-9,14H,4-6H2,1-3H3. The minimum Gasteiger partial charge on any atom is -0.385 e. The maximum Gasteiger partial charge on any atom is 0.0405 e. The van der Waals surface area contributed by atoms with Crippen LogP contribution in [0.3, 0.4) is 0 Å². The molecular formula is C13H19N. The Hall–Kier alpha value is -0.980. The van der Waals surface area contributed by atoms with Crippen LogP contribution in [-0.2, 0) is 6.42 Å². The van der Waals surface area contributed by atoms with Gasteiger partial charge in [0, 0.05) is 12.2 Å². The van der Waals surface area contributed by atoms with E-state index >= 15 is 0 Å². The first-order valence-corrected chi connectivity index (χ1v) is 5.59. The zero-order valence-corrected chi connectivity index (χ0v) is 9.35. The van der Waals surface area contributed by atoms with Crippen LogP contribution < -0.4 is 5.32 Å². The zero-order chi connectivity index (χ0) is 10.1. The molecule has 14 heavy (non-hydrogen) atoms. The summed E-state index contributed by atoms with van der Waals surface area (Å²) < 4.78 is 0. The van der Waals surface area contributed by atoms with E-state index in [4.69, 9.17) is 0 Å². The largest absolute Gasteiger partial charge is 0.385 e. The summed E-state index contributed by atoms with van der Waals surface area (Å²) in [5, 5.41) is 3.51. The van der Waals surface area contributed by atoms with Gasteiger partial charge in [-0.2, -0.15) is 0 Å². The van der Waals surface area contributed by atoms with E-state index in [1.165, 1.54) is 28.8 Å². The minimum absolute atomic E-state index is 0.719. The van der Waals surface area contributed by atoms with Crippen molar-refractivity contribution in [2.24, 2.45) is 0 Å². The Labute approximate surface area is 86.5 Å². The van der Waals surface area contributed by atoms with Crippen molar-refractivity contribution in [1.82, 2.24) is 0 Å². The molecule has 1 aliphatic heterocycles. The highest BCUT2D eigenvalue weighted by atomic mass is 14.9. The quantitative estimate of drug-likeness (QED) is 0.713. The second-order valence-corrected chi connectivity index (χ2v) is 4.35. The summed E-state index contributed by atoms with van der Waals surface area (Å²) in [6, 6.07) is 4.68. The van der Waals surface area contributed by atoms with Crippen molar-refractivity contribution in [1.29, 1.82) is 0 Å². The third-order valence-electron chi connectivity index (χ3n) is 3.24. The molecule has 0 aromatic heterocycles. The molecule has 76 valence electrons. The summed E-state index contributed by atoms with van der Waals surface area (Å²) in [6.45, 7) is 7.89. The molecule has 1 atom stereocenters. The molecule has 1 nitrogen and oxygen atoms in total. The normalized spacial score (nSPS) is 20.1. The van der Waals surface area contributed by atoms with Crippen LogP contribution in [0.25, 0.3) is 0 Å². The summed E-state index contributed by atoms with van der Waals surface area (Å²) in [5.74, 6) is 0.719. The van der Waals surface area contributed by atoms with Gasteiger partial charge < -0.3 is 5.32 Å². The summed E-state index contributed by atoms with van der Waals surface area (Å²) >= 11 is 0. The molecule has 1 heterocycles. The lowest BCUT2D eigenvalue weighted by Crippen LogP contribution is -2.16. The second kappa shape index (κ2) is 3.64. The Bertz CT molecular complexity index is 341. The fourth-order valence-electron chi connectivity index (χ4n) is 2.29. The number of nitrogens with one attached hydrogen (secondary N) is 1. The van der Waals surface area contributed by atoms with Crippen LogP contribution in [0.2, 0.25) is 0 Å². The van der Waals surface area contributed by atoms with E-state index in [1.807, 2.05) is 0 Å². The van der Waals surface area contributed by atoms with Crippen LogP contribution >= 0.6 is 0 Å². The highest BCUT2D eigenvalue weighted by Crippen LogP contribution is 2.34. The van der Waals surface area contributed by atoms with Crippen LogP contribution in [-0.4, -0.2) is 6.54 Å². The van der Waals surface area contributed by atoms with Crippen molar-refractivity contribution >= 4 is 5.69 Å². The van der Waals surface area contributed by atoms with Crippen LogP contribution in [0.4, 0.5) is 5.69 Å². The lowest BCUT2D eigenvalue weighted by atomic mass is 9.89. The molecule has 0 aliphatic carbocycles. The summed E-state index contributed by atoms with van der Waals surface area (Å²) in [5.41, 5.74) is 5.79. The molecule has 1 aromatic carbocycles. The van der Waals surface area contributed by atoms with Gasteiger partial charge in [0.15, 0.2) is 0 Å². The molecule has 1 aromatic rings. The summed E-state index contributed by atoms with van der Waals surface area (Å²) in [7, 11) is 0. The van der Waals surface area contributed by atoms with E-state index in [1.54, 1.807) is 0 Å². The van der Waals surface area contributed by atoms with Gasteiger partial charge in [0.25, 0.3) is 0 Å². The van der Waals surface area contributed by atoms with Crippen LogP contribution in [0.15, 0.2) is 12.1 Å². The molecule has 1 unspecified atom stereocenters. The lowest BCUT2D eigenvalue weighted by molar-refractivity contribution is 0.681. The molecule has 0 saturated carbocycles. The molecule has 1 heteroatoms. The maximum absolute atomic E-state index is 3.51. The number of aryl methyl sites for hydroxylation is 2. The Kier molecular flexibility index (Phi) is 2.49. The van der Waals surface area contributed by atoms with Crippen LogP contribution in [0, 0.1) is 6.92 Å². The number of benzene rings is 1. The second-order valence-electron chi connectivity index (χ2n) is 4.35. The number of hydrogen-bond acceptors (Lipinski definition) is 1. The van der Waals surface area contributed by atoms with Crippen molar-refractivity contribution in [3.8, 4) is 0 Å². The Morgan fingerprint density at radius 3 is 2.93 bits per heavy atom. The molecule has 0 radical (unpaired) electrons. The van der Waals surface area contributed by atoms with Crippen molar-refractivity contribution in [3.63, 3.8) is 0 Å². The number of hydrogen-bond donors (Lipinski definition) is 1. The van der Waals surface area contributed by atoms with Gasteiger partial charge in [-0.3, -0.25) is 0 Å². The van der Waals surface area contributed by atoms with E-state index in [9.17, 15) is 0 Å². The van der Waals surface area contributed by atoms with Crippen molar-refractivity contribution in [2.75, 3.05) is 11.9 Å². The first-order valence-electron chi connectivity index (χ1n) is 5.59. The van der Waals surface area contributed by atoms with Crippen molar-refractivity contribution in [3.05, 3.63) is 28.8 Å². The van der Waals surface area contributed by atoms with Gasteiger partial charge in [-0.05, 0) is 42.4 Å². The van der Waals surface area contributed by atoms with E-state index < -0.39 is 0 Å². The third kappa shape index (κ3) is 1.52. The van der Waals surface area contributed by atoms with E-state index in [2.05, 4.69) is 38.2 Å². The van der Waals surface area contributed by atoms with Gasteiger partial charge in [-0.1, -0.05) is 26.0 Å². The van der Waals surface area contributed by atoms with Crippen molar-refractivity contribution < 1.29 is 0 Å². The molecule has 1 aliphatic rings. The SMILES string of the molecule is CCc1cc(C)c2c(c1)C(C)CCN2. The van der Waals surface area contributed by atoms with Gasteiger partial charge in [0.1, 0.15) is 0 Å². The summed E-state index contributed by atoms with van der Waals surface area (Å²) in [4.78, 5) is 0. The van der Waals surface area contributed by atoms with E-state index in [-0.39, 0.29) is 0 Å². The highest BCUT2D eigenvalue weighted by molar-refractivity contribution is 5.61. The smallest absolute Gasteiger partial charge is 0.0405 e. The molecule has 2 rings (SSSR count). The number of anilines is 1. The topological polar surface area (TPSA) is 12.0 Å². The maximum atomic E-state index is 3.51. The molecule has 0 bridgehead atoms. The average molecular weight is 189 g/mol. The van der Waals surface area contributed by atoms with Gasteiger partial charge in [-0.15, -0.1) is 0 Å². The Morgan fingerprint density at radius 1 is 1.43 bits per heavy atom. The van der Waals surface area contributed by atoms with Crippen molar-refractivity contribution in [2.45, 2.75) is 39.5 Å². The molecule has 1 N–H and O–H groups in total. The van der Waals surface area contributed by atoms with Crippen LogP contribution in [0.1, 0.15) is 42.9 Å².